The molecule has 0 bridgehead atoms. The summed E-state index contributed by atoms with van der Waals surface area (Å²) in [6.45, 7) is 7.30. The molecule has 5 rings (SSSR count). The Morgan fingerprint density at radius 1 is 1.27 bits per heavy atom. The number of halogens is 1. The van der Waals surface area contributed by atoms with Crippen molar-refractivity contribution in [3.63, 3.8) is 0 Å². The number of anilines is 1. The Bertz CT molecular complexity index is 905. The zero-order valence-corrected chi connectivity index (χ0v) is 17.6. The van der Waals surface area contributed by atoms with Gasteiger partial charge in [0.25, 0.3) is 0 Å². The number of aromatic nitrogens is 3. The number of hydrogen-bond acceptors (Lipinski definition) is 8. The summed E-state index contributed by atoms with van der Waals surface area (Å²) >= 11 is 0. The van der Waals surface area contributed by atoms with Crippen molar-refractivity contribution in [1.82, 2.24) is 25.8 Å². The van der Waals surface area contributed by atoms with Crippen molar-refractivity contribution in [1.29, 1.82) is 0 Å². The molecule has 2 aromatic rings. The SMILES string of the molecule is Cc1nc2c(o1)CCN(c1cc(C3NNC4CC(F)C(OC(C)C)CC43)ncn1)C2. The molecule has 2 fully saturated rings. The zero-order chi connectivity index (χ0) is 20.8. The van der Waals surface area contributed by atoms with E-state index >= 15 is 0 Å². The summed E-state index contributed by atoms with van der Waals surface area (Å²) < 4.78 is 26.1. The van der Waals surface area contributed by atoms with Crippen molar-refractivity contribution in [2.75, 3.05) is 11.4 Å². The van der Waals surface area contributed by atoms with Crippen LogP contribution in [0.15, 0.2) is 16.8 Å². The van der Waals surface area contributed by atoms with Gasteiger partial charge in [-0.15, -0.1) is 0 Å². The van der Waals surface area contributed by atoms with Crippen LogP contribution in [0.1, 0.15) is 55.8 Å². The molecule has 0 amide bonds. The lowest BCUT2D eigenvalue weighted by atomic mass is 9.78. The third-order valence-electron chi connectivity index (χ3n) is 6.35. The van der Waals surface area contributed by atoms with Gasteiger partial charge in [-0.2, -0.15) is 0 Å². The van der Waals surface area contributed by atoms with E-state index in [9.17, 15) is 4.39 Å². The van der Waals surface area contributed by atoms with Crippen LogP contribution in [0, 0.1) is 12.8 Å². The van der Waals surface area contributed by atoms with Gasteiger partial charge >= 0.3 is 0 Å². The summed E-state index contributed by atoms with van der Waals surface area (Å²) in [4.78, 5) is 15.8. The van der Waals surface area contributed by atoms with Gasteiger partial charge in [0.2, 0.25) is 0 Å². The first kappa shape index (κ1) is 19.8. The van der Waals surface area contributed by atoms with Crippen molar-refractivity contribution >= 4 is 5.82 Å². The standard InChI is InChI=1S/C21H29FN6O2/c1-11(2)29-19-6-13-15(7-14(19)22)26-27-21(13)16-8-20(24-10-23-16)28-5-4-18-17(9-28)25-12(3)30-18/h8,10-11,13-15,19,21,26-27H,4-7,9H2,1-3H3. The van der Waals surface area contributed by atoms with Gasteiger partial charge in [-0.25, -0.2) is 24.8 Å². The molecule has 8 nitrogen and oxygen atoms in total. The number of nitrogens with one attached hydrogen (secondary N) is 2. The summed E-state index contributed by atoms with van der Waals surface area (Å²) in [6, 6.07) is 2.11. The lowest BCUT2D eigenvalue weighted by Gasteiger charge is -2.36. The summed E-state index contributed by atoms with van der Waals surface area (Å²) in [6.07, 6.45) is 2.24. The fourth-order valence-corrected chi connectivity index (χ4v) is 5.00. The maximum atomic E-state index is 14.6. The van der Waals surface area contributed by atoms with Gasteiger partial charge in [0.05, 0.1) is 30.5 Å². The summed E-state index contributed by atoms with van der Waals surface area (Å²) in [7, 11) is 0. The Morgan fingerprint density at radius 2 is 2.13 bits per heavy atom. The van der Waals surface area contributed by atoms with E-state index in [0.717, 1.165) is 35.9 Å². The van der Waals surface area contributed by atoms with Crippen molar-refractivity contribution in [3.05, 3.63) is 35.4 Å². The highest BCUT2D eigenvalue weighted by Gasteiger charge is 2.46. The first-order valence-electron chi connectivity index (χ1n) is 10.8. The van der Waals surface area contributed by atoms with E-state index in [4.69, 9.17) is 9.15 Å². The van der Waals surface area contributed by atoms with E-state index in [1.54, 1.807) is 6.33 Å². The second-order valence-corrected chi connectivity index (χ2v) is 8.82. The van der Waals surface area contributed by atoms with Gasteiger partial charge in [0.1, 0.15) is 29.8 Å². The minimum absolute atomic E-state index is 0.00263. The molecule has 30 heavy (non-hydrogen) atoms. The number of hydrazine groups is 1. The molecule has 5 atom stereocenters. The average Bonchev–Trinajstić information content (AvgIpc) is 3.29. The molecule has 2 aromatic heterocycles. The maximum absolute atomic E-state index is 14.6. The highest BCUT2D eigenvalue weighted by molar-refractivity contribution is 5.42. The van der Waals surface area contributed by atoms with E-state index in [-0.39, 0.29) is 30.2 Å². The van der Waals surface area contributed by atoms with Gasteiger partial charge in [-0.1, -0.05) is 0 Å². The third kappa shape index (κ3) is 3.70. The van der Waals surface area contributed by atoms with Crippen LogP contribution in [0.2, 0.25) is 0 Å². The number of aryl methyl sites for hydroxylation is 1. The smallest absolute Gasteiger partial charge is 0.191 e. The highest BCUT2D eigenvalue weighted by Crippen LogP contribution is 2.40. The van der Waals surface area contributed by atoms with Crippen molar-refractivity contribution in [2.45, 2.75) is 77.0 Å². The first-order valence-corrected chi connectivity index (χ1v) is 10.8. The second kappa shape index (κ2) is 7.86. The van der Waals surface area contributed by atoms with Gasteiger partial charge in [0, 0.05) is 37.9 Å². The Labute approximate surface area is 175 Å². The summed E-state index contributed by atoms with van der Waals surface area (Å²) in [5.41, 5.74) is 8.53. The fraction of sp³-hybridized carbons (Fsp3) is 0.667. The molecule has 5 unspecified atom stereocenters. The van der Waals surface area contributed by atoms with E-state index in [1.807, 2.05) is 26.8 Å². The minimum Gasteiger partial charge on any atom is -0.446 e. The monoisotopic (exact) mass is 416 g/mol. The largest absolute Gasteiger partial charge is 0.446 e. The topological polar surface area (TPSA) is 88.3 Å². The number of ether oxygens (including phenoxy) is 1. The van der Waals surface area contributed by atoms with Crippen molar-refractivity contribution in [2.24, 2.45) is 5.92 Å². The molecule has 1 saturated heterocycles. The molecular weight excluding hydrogens is 387 g/mol. The third-order valence-corrected chi connectivity index (χ3v) is 6.35. The zero-order valence-electron chi connectivity index (χ0n) is 17.6. The summed E-state index contributed by atoms with van der Waals surface area (Å²) in [5, 5.41) is 0. The number of oxazole rings is 1. The van der Waals surface area contributed by atoms with Crippen molar-refractivity contribution in [3.8, 4) is 0 Å². The van der Waals surface area contributed by atoms with Crippen LogP contribution in [0.4, 0.5) is 10.2 Å². The molecule has 162 valence electrons. The van der Waals surface area contributed by atoms with Gasteiger partial charge in [-0.05, 0) is 26.7 Å². The van der Waals surface area contributed by atoms with Crippen LogP contribution in [0.25, 0.3) is 0 Å². The molecule has 9 heteroatoms. The lowest BCUT2D eigenvalue weighted by molar-refractivity contribution is -0.0708. The quantitative estimate of drug-likeness (QED) is 0.786. The number of hydrogen-bond donors (Lipinski definition) is 2. The van der Waals surface area contributed by atoms with Crippen LogP contribution in [-0.2, 0) is 17.7 Å². The van der Waals surface area contributed by atoms with Crippen LogP contribution < -0.4 is 15.8 Å². The molecule has 2 N–H and O–H groups in total. The van der Waals surface area contributed by atoms with E-state index in [0.29, 0.717) is 25.3 Å². The van der Waals surface area contributed by atoms with Gasteiger partial charge < -0.3 is 14.1 Å². The Kier molecular flexibility index (Phi) is 5.20. The van der Waals surface area contributed by atoms with E-state index < -0.39 is 6.17 Å². The number of fused-ring (bicyclic) bond motifs is 2. The van der Waals surface area contributed by atoms with Crippen LogP contribution >= 0.6 is 0 Å². The Balaban J connectivity index is 1.34. The van der Waals surface area contributed by atoms with Crippen molar-refractivity contribution < 1.29 is 13.5 Å². The molecule has 0 aromatic carbocycles. The predicted octanol–water partition coefficient (Wildman–Crippen LogP) is 2.39. The molecule has 1 aliphatic carbocycles. The molecule has 1 saturated carbocycles. The van der Waals surface area contributed by atoms with Gasteiger partial charge in [0.15, 0.2) is 5.89 Å². The first-order chi connectivity index (χ1) is 14.5. The fourth-order valence-electron chi connectivity index (χ4n) is 5.00. The number of nitrogens with zero attached hydrogens (tertiary/aromatic N) is 4. The number of alkyl halides is 1. The lowest BCUT2D eigenvalue weighted by Crippen LogP contribution is -2.44. The Hall–Kier alpha value is -2.10. The average molecular weight is 417 g/mol. The van der Waals surface area contributed by atoms with Gasteiger partial charge in [-0.3, -0.25) is 5.43 Å². The van der Waals surface area contributed by atoms with Crippen LogP contribution in [0.5, 0.6) is 0 Å². The Morgan fingerprint density at radius 3 is 2.97 bits per heavy atom. The second-order valence-electron chi connectivity index (χ2n) is 8.82. The predicted molar refractivity (Wildman–Crippen MR) is 108 cm³/mol. The molecule has 2 aliphatic heterocycles. The number of rotatable bonds is 4. The summed E-state index contributed by atoms with van der Waals surface area (Å²) in [5.74, 6) is 2.78. The van der Waals surface area contributed by atoms with Crippen LogP contribution in [0.3, 0.4) is 0 Å². The molecular formula is C21H29FN6O2. The van der Waals surface area contributed by atoms with E-state index in [1.165, 1.54) is 0 Å². The van der Waals surface area contributed by atoms with Crippen LogP contribution in [-0.4, -0.2) is 45.9 Å². The molecule has 0 radical (unpaired) electrons. The maximum Gasteiger partial charge on any atom is 0.191 e. The molecule has 4 heterocycles. The molecule has 3 aliphatic rings. The van der Waals surface area contributed by atoms with E-state index in [2.05, 4.69) is 30.7 Å². The minimum atomic E-state index is -0.948. The highest BCUT2D eigenvalue weighted by atomic mass is 19.1. The molecule has 0 spiro atoms. The normalized spacial score (nSPS) is 31.1.